The Bertz CT molecular complexity index is 1330. The molecule has 0 saturated heterocycles. The molecule has 0 radical (unpaired) electrons. The molecule has 0 aliphatic heterocycles. The lowest BCUT2D eigenvalue weighted by Gasteiger charge is -2.12. The Morgan fingerprint density at radius 2 is 1.50 bits per heavy atom. The second-order valence-electron chi connectivity index (χ2n) is 6.97. The highest BCUT2D eigenvalue weighted by atomic mass is 16.5. The minimum Gasteiger partial charge on any atom is -0.497 e. The van der Waals surface area contributed by atoms with Gasteiger partial charge >= 0.3 is 5.69 Å². The van der Waals surface area contributed by atoms with Gasteiger partial charge in [-0.1, -0.05) is 0 Å². The van der Waals surface area contributed by atoms with Gasteiger partial charge in [-0.25, -0.2) is 4.79 Å². The molecule has 7 heteroatoms. The summed E-state index contributed by atoms with van der Waals surface area (Å²) in [5.74, 6) is 1.50. The molecule has 0 aliphatic carbocycles. The maximum absolute atomic E-state index is 13.1. The van der Waals surface area contributed by atoms with E-state index in [2.05, 4.69) is 0 Å². The third-order valence-electron chi connectivity index (χ3n) is 5.23. The molecule has 2 aromatic heterocycles. The summed E-state index contributed by atoms with van der Waals surface area (Å²) in [6.45, 7) is 2.52. The Labute approximate surface area is 173 Å². The highest BCUT2D eigenvalue weighted by Gasteiger charge is 2.20. The Hall–Kier alpha value is -3.74. The molecular weight excluding hydrogens is 382 g/mol. The van der Waals surface area contributed by atoms with Crippen molar-refractivity contribution in [3.8, 4) is 28.4 Å². The molecule has 0 saturated carbocycles. The normalized spacial score (nSPS) is 11.1. The Balaban J connectivity index is 2.06. The molecule has 30 heavy (non-hydrogen) atoms. The topological polar surface area (TPSA) is 67.4 Å². The molecule has 0 bridgehead atoms. The summed E-state index contributed by atoms with van der Waals surface area (Å²) >= 11 is 0. The van der Waals surface area contributed by atoms with Crippen molar-refractivity contribution >= 4 is 10.9 Å². The molecule has 0 N–H and O–H groups in total. The van der Waals surface area contributed by atoms with Crippen LogP contribution in [0.5, 0.6) is 11.5 Å². The maximum Gasteiger partial charge on any atom is 0.330 e. The van der Waals surface area contributed by atoms with Crippen molar-refractivity contribution in [3.63, 3.8) is 0 Å². The molecule has 0 amide bonds. The molecule has 7 nitrogen and oxygen atoms in total. The molecule has 154 valence electrons. The molecule has 2 heterocycles. The first-order chi connectivity index (χ1) is 14.5. The van der Waals surface area contributed by atoms with E-state index in [4.69, 9.17) is 9.47 Å². The second-order valence-corrected chi connectivity index (χ2v) is 6.97. The van der Waals surface area contributed by atoms with Gasteiger partial charge in [0.25, 0.3) is 5.56 Å². The van der Waals surface area contributed by atoms with Crippen LogP contribution in [-0.2, 0) is 14.1 Å². The molecule has 0 spiro atoms. The molecule has 0 fully saturated rings. The zero-order valence-electron chi connectivity index (χ0n) is 17.4. The highest BCUT2D eigenvalue weighted by Crippen LogP contribution is 2.32. The van der Waals surface area contributed by atoms with Gasteiger partial charge < -0.3 is 14.0 Å². The monoisotopic (exact) mass is 405 g/mol. The van der Waals surface area contributed by atoms with Gasteiger partial charge in [0.1, 0.15) is 11.5 Å². The number of fused-ring (bicyclic) bond motifs is 1. The average molecular weight is 405 g/mol. The third kappa shape index (κ3) is 3.08. The van der Waals surface area contributed by atoms with Crippen molar-refractivity contribution in [2.45, 2.75) is 6.92 Å². The molecule has 0 aliphatic rings. The van der Waals surface area contributed by atoms with E-state index in [-0.39, 0.29) is 11.2 Å². The van der Waals surface area contributed by atoms with Crippen LogP contribution in [0, 0.1) is 0 Å². The summed E-state index contributed by atoms with van der Waals surface area (Å²) in [6, 6.07) is 15.1. The van der Waals surface area contributed by atoms with Gasteiger partial charge in [0.05, 0.1) is 30.3 Å². The predicted molar refractivity (Wildman–Crippen MR) is 117 cm³/mol. The van der Waals surface area contributed by atoms with E-state index in [0.29, 0.717) is 23.2 Å². The van der Waals surface area contributed by atoms with Crippen LogP contribution in [-0.4, -0.2) is 27.4 Å². The first-order valence-corrected chi connectivity index (χ1v) is 9.65. The van der Waals surface area contributed by atoms with Crippen LogP contribution in [0.4, 0.5) is 0 Å². The van der Waals surface area contributed by atoms with E-state index in [1.165, 1.54) is 11.6 Å². The van der Waals surface area contributed by atoms with Crippen LogP contribution >= 0.6 is 0 Å². The van der Waals surface area contributed by atoms with E-state index in [1.54, 1.807) is 14.2 Å². The number of methoxy groups -OCH3 is 1. The first-order valence-electron chi connectivity index (χ1n) is 9.65. The molecule has 0 unspecified atom stereocenters. The number of aryl methyl sites for hydroxylation is 1. The van der Waals surface area contributed by atoms with Gasteiger partial charge in [-0.3, -0.25) is 13.9 Å². The smallest absolute Gasteiger partial charge is 0.330 e. The Kier molecular flexibility index (Phi) is 4.95. The first kappa shape index (κ1) is 19.6. The largest absolute Gasteiger partial charge is 0.497 e. The zero-order valence-corrected chi connectivity index (χ0v) is 17.4. The Morgan fingerprint density at radius 1 is 0.867 bits per heavy atom. The van der Waals surface area contributed by atoms with E-state index >= 15 is 0 Å². The minimum absolute atomic E-state index is 0.330. The fourth-order valence-corrected chi connectivity index (χ4v) is 3.65. The number of nitrogens with zero attached hydrogens (tertiary/aromatic N) is 3. The second kappa shape index (κ2) is 7.59. The van der Waals surface area contributed by atoms with Crippen molar-refractivity contribution in [1.82, 2.24) is 13.7 Å². The fourth-order valence-electron chi connectivity index (χ4n) is 3.65. The highest BCUT2D eigenvalue weighted by molar-refractivity contribution is 5.94. The average Bonchev–Trinajstić information content (AvgIpc) is 3.18. The number of ether oxygens (including phenoxy) is 2. The van der Waals surface area contributed by atoms with Crippen LogP contribution < -0.4 is 20.7 Å². The summed E-state index contributed by atoms with van der Waals surface area (Å²) in [5, 5.41) is 0.485. The van der Waals surface area contributed by atoms with Crippen LogP contribution in [0.25, 0.3) is 27.8 Å². The number of hydrogen-bond acceptors (Lipinski definition) is 4. The van der Waals surface area contributed by atoms with Gasteiger partial charge in [-0.2, -0.15) is 0 Å². The summed E-state index contributed by atoms with van der Waals surface area (Å²) < 4.78 is 15.4. The molecule has 2 aromatic carbocycles. The lowest BCUT2D eigenvalue weighted by atomic mass is 10.1. The lowest BCUT2D eigenvalue weighted by Crippen LogP contribution is -2.36. The number of aromatic nitrogens is 3. The molecule has 4 aromatic rings. The quantitative estimate of drug-likeness (QED) is 0.512. The minimum atomic E-state index is -0.363. The predicted octanol–water partition coefficient (Wildman–Crippen LogP) is 3.10. The SMILES string of the molecule is CCOc1ccc(-n2cc3c(c2-c2ccc(OC)cc2)c(=O)n(C)c(=O)n3C)cc1. The van der Waals surface area contributed by atoms with Gasteiger partial charge in [0.2, 0.25) is 0 Å². The molecule has 0 atom stereocenters. The standard InChI is InChI=1S/C23H23N3O4/c1-5-30-18-12-8-16(9-13-18)26-14-19-20(22(27)25(3)23(28)24(19)2)21(26)15-6-10-17(29-4)11-7-15/h6-14H,5H2,1-4H3. The lowest BCUT2D eigenvalue weighted by molar-refractivity contribution is 0.340. The number of hydrogen-bond donors (Lipinski definition) is 0. The van der Waals surface area contributed by atoms with Crippen molar-refractivity contribution in [3.05, 3.63) is 75.6 Å². The van der Waals surface area contributed by atoms with Gasteiger partial charge in [0, 0.05) is 26.0 Å². The third-order valence-corrected chi connectivity index (χ3v) is 5.23. The number of benzene rings is 2. The summed E-state index contributed by atoms with van der Waals surface area (Å²) in [4.78, 5) is 25.6. The summed E-state index contributed by atoms with van der Waals surface area (Å²) in [5.41, 5.74) is 2.29. The van der Waals surface area contributed by atoms with Crippen LogP contribution in [0.15, 0.2) is 64.3 Å². The fraction of sp³-hybridized carbons (Fsp3) is 0.217. The van der Waals surface area contributed by atoms with Gasteiger partial charge in [-0.05, 0) is 61.0 Å². The summed E-state index contributed by atoms with van der Waals surface area (Å²) in [6.07, 6.45) is 1.83. The zero-order chi connectivity index (χ0) is 21.4. The van der Waals surface area contributed by atoms with Gasteiger partial charge in [-0.15, -0.1) is 0 Å². The van der Waals surface area contributed by atoms with Crippen LogP contribution in [0.3, 0.4) is 0 Å². The van der Waals surface area contributed by atoms with Crippen LogP contribution in [0.2, 0.25) is 0 Å². The van der Waals surface area contributed by atoms with Crippen molar-refractivity contribution in [2.75, 3.05) is 13.7 Å². The van der Waals surface area contributed by atoms with Crippen molar-refractivity contribution in [1.29, 1.82) is 0 Å². The van der Waals surface area contributed by atoms with E-state index in [9.17, 15) is 9.59 Å². The van der Waals surface area contributed by atoms with E-state index < -0.39 is 0 Å². The van der Waals surface area contributed by atoms with Gasteiger partial charge in [0.15, 0.2) is 0 Å². The maximum atomic E-state index is 13.1. The molecule has 4 rings (SSSR count). The van der Waals surface area contributed by atoms with Crippen LogP contribution in [0.1, 0.15) is 6.92 Å². The van der Waals surface area contributed by atoms with Crippen molar-refractivity contribution in [2.24, 2.45) is 14.1 Å². The Morgan fingerprint density at radius 3 is 2.10 bits per heavy atom. The van der Waals surface area contributed by atoms with E-state index in [0.717, 1.165) is 27.3 Å². The van der Waals surface area contributed by atoms with E-state index in [1.807, 2.05) is 66.2 Å². The van der Waals surface area contributed by atoms with Crippen molar-refractivity contribution < 1.29 is 9.47 Å². The molecular formula is C23H23N3O4. The summed E-state index contributed by atoms with van der Waals surface area (Å²) in [7, 11) is 4.78. The number of rotatable bonds is 5.